The van der Waals surface area contributed by atoms with Gasteiger partial charge >= 0.3 is 0 Å². The van der Waals surface area contributed by atoms with Crippen LogP contribution < -0.4 is 5.73 Å². The lowest BCUT2D eigenvalue weighted by atomic mass is 9.97. The van der Waals surface area contributed by atoms with Crippen LogP contribution in [0.15, 0.2) is 29.2 Å². The van der Waals surface area contributed by atoms with Crippen molar-refractivity contribution in [3.05, 3.63) is 35.5 Å². The summed E-state index contributed by atoms with van der Waals surface area (Å²) in [6, 6.07) is 8.47. The van der Waals surface area contributed by atoms with Gasteiger partial charge < -0.3 is 5.73 Å². The number of nitrogen functional groups attached to an aromatic ring is 1. The van der Waals surface area contributed by atoms with Gasteiger partial charge in [-0.25, -0.2) is 4.68 Å². The molecule has 4 heteroatoms. The Morgan fingerprint density at radius 3 is 2.94 bits per heavy atom. The first-order valence-corrected chi connectivity index (χ1v) is 7.53. The maximum absolute atomic E-state index is 6.03. The summed E-state index contributed by atoms with van der Waals surface area (Å²) in [4.78, 5) is 1.26. The van der Waals surface area contributed by atoms with E-state index in [-0.39, 0.29) is 0 Å². The normalized spacial score (nSPS) is 14.5. The van der Waals surface area contributed by atoms with Gasteiger partial charge in [0.05, 0.1) is 5.69 Å². The first-order valence-electron chi connectivity index (χ1n) is 6.30. The van der Waals surface area contributed by atoms with Crippen molar-refractivity contribution < 1.29 is 0 Å². The van der Waals surface area contributed by atoms with Crippen LogP contribution in [-0.4, -0.2) is 16.0 Å². The molecule has 2 N–H and O–H groups in total. The third kappa shape index (κ3) is 1.90. The molecule has 18 heavy (non-hydrogen) atoms. The van der Waals surface area contributed by atoms with Gasteiger partial charge in [0, 0.05) is 16.2 Å². The van der Waals surface area contributed by atoms with Gasteiger partial charge in [0.25, 0.3) is 0 Å². The lowest BCUT2D eigenvalue weighted by molar-refractivity contribution is 0.653. The standard InChI is InChI=1S/C14H17N3S/c1-18-11-6-4-5-10(9-11)17-13-8-3-2-7-12(13)14(15)16-17/h4-6,9H,2-3,7-8H2,1H3,(H2,15,16). The maximum Gasteiger partial charge on any atom is 0.149 e. The molecule has 2 aromatic rings. The van der Waals surface area contributed by atoms with E-state index in [0.717, 1.165) is 18.5 Å². The molecule has 3 nitrogen and oxygen atoms in total. The summed E-state index contributed by atoms with van der Waals surface area (Å²) >= 11 is 1.75. The van der Waals surface area contributed by atoms with Crippen LogP contribution in [0.25, 0.3) is 5.69 Å². The van der Waals surface area contributed by atoms with Crippen LogP contribution in [0, 0.1) is 0 Å². The van der Waals surface area contributed by atoms with Crippen LogP contribution in [0.5, 0.6) is 0 Å². The van der Waals surface area contributed by atoms with Crippen molar-refractivity contribution in [2.75, 3.05) is 12.0 Å². The van der Waals surface area contributed by atoms with Crippen LogP contribution in [0.1, 0.15) is 24.1 Å². The van der Waals surface area contributed by atoms with E-state index in [2.05, 4.69) is 35.6 Å². The maximum atomic E-state index is 6.03. The lowest BCUT2D eigenvalue weighted by Crippen LogP contribution is -2.07. The van der Waals surface area contributed by atoms with E-state index < -0.39 is 0 Å². The Morgan fingerprint density at radius 2 is 2.11 bits per heavy atom. The Labute approximate surface area is 111 Å². The molecule has 0 saturated carbocycles. The van der Waals surface area contributed by atoms with Crippen molar-refractivity contribution >= 4 is 17.6 Å². The number of benzene rings is 1. The highest BCUT2D eigenvalue weighted by Crippen LogP contribution is 2.29. The Balaban J connectivity index is 2.11. The second-order valence-electron chi connectivity index (χ2n) is 4.63. The quantitative estimate of drug-likeness (QED) is 0.843. The minimum atomic E-state index is 0.708. The molecule has 1 aliphatic carbocycles. The van der Waals surface area contributed by atoms with Crippen LogP contribution in [0.4, 0.5) is 5.82 Å². The van der Waals surface area contributed by atoms with E-state index in [9.17, 15) is 0 Å². The first kappa shape index (κ1) is 11.7. The number of thioether (sulfide) groups is 1. The van der Waals surface area contributed by atoms with Gasteiger partial charge in [-0.15, -0.1) is 11.8 Å². The van der Waals surface area contributed by atoms with Gasteiger partial charge in [0.1, 0.15) is 5.82 Å². The molecule has 0 aliphatic heterocycles. The summed E-state index contributed by atoms with van der Waals surface area (Å²) < 4.78 is 2.03. The van der Waals surface area contributed by atoms with Gasteiger partial charge in [-0.1, -0.05) is 6.07 Å². The largest absolute Gasteiger partial charge is 0.382 e. The fourth-order valence-corrected chi connectivity index (χ4v) is 3.04. The number of hydrogen-bond acceptors (Lipinski definition) is 3. The lowest BCUT2D eigenvalue weighted by Gasteiger charge is -2.14. The molecular formula is C14H17N3S. The molecular weight excluding hydrogens is 242 g/mol. The molecule has 1 heterocycles. The molecule has 0 amide bonds. The minimum absolute atomic E-state index is 0.708. The summed E-state index contributed by atoms with van der Waals surface area (Å²) in [6.07, 6.45) is 6.71. The van der Waals surface area contributed by atoms with Crippen molar-refractivity contribution in [2.45, 2.75) is 30.6 Å². The van der Waals surface area contributed by atoms with E-state index in [1.54, 1.807) is 11.8 Å². The predicted molar refractivity (Wildman–Crippen MR) is 76.4 cm³/mol. The molecule has 3 rings (SSSR count). The average Bonchev–Trinajstić information content (AvgIpc) is 2.77. The third-order valence-corrected chi connectivity index (χ3v) is 4.23. The highest BCUT2D eigenvalue weighted by atomic mass is 32.2. The van der Waals surface area contributed by atoms with Gasteiger partial charge in [0.2, 0.25) is 0 Å². The van der Waals surface area contributed by atoms with Crippen LogP contribution in [0.2, 0.25) is 0 Å². The van der Waals surface area contributed by atoms with E-state index >= 15 is 0 Å². The summed E-state index contributed by atoms with van der Waals surface area (Å²) in [7, 11) is 0. The second kappa shape index (κ2) is 4.69. The van der Waals surface area contributed by atoms with Crippen molar-refractivity contribution in [3.63, 3.8) is 0 Å². The number of nitrogens with two attached hydrogens (primary N) is 1. The topological polar surface area (TPSA) is 43.8 Å². The van der Waals surface area contributed by atoms with Gasteiger partial charge in [-0.3, -0.25) is 0 Å². The molecule has 1 aromatic carbocycles. The van der Waals surface area contributed by atoms with Crippen LogP contribution in [0.3, 0.4) is 0 Å². The molecule has 0 fully saturated rings. The van der Waals surface area contributed by atoms with Crippen molar-refractivity contribution in [2.24, 2.45) is 0 Å². The highest BCUT2D eigenvalue weighted by molar-refractivity contribution is 7.98. The summed E-state index contributed by atoms with van der Waals surface area (Å²) in [5.41, 5.74) is 9.72. The van der Waals surface area contributed by atoms with Crippen LogP contribution in [-0.2, 0) is 12.8 Å². The second-order valence-corrected chi connectivity index (χ2v) is 5.51. The molecule has 0 bridgehead atoms. The zero-order chi connectivity index (χ0) is 12.5. The monoisotopic (exact) mass is 259 g/mol. The summed E-state index contributed by atoms with van der Waals surface area (Å²) in [6.45, 7) is 0. The van der Waals surface area contributed by atoms with Crippen LogP contribution >= 0.6 is 11.8 Å². The molecule has 94 valence electrons. The zero-order valence-electron chi connectivity index (χ0n) is 10.5. The summed E-state index contributed by atoms with van der Waals surface area (Å²) in [5, 5.41) is 4.52. The molecule has 1 aromatic heterocycles. The van der Waals surface area contributed by atoms with Gasteiger partial charge in [0.15, 0.2) is 0 Å². The van der Waals surface area contributed by atoms with Crippen molar-refractivity contribution in [1.29, 1.82) is 0 Å². The number of nitrogens with zero attached hydrogens (tertiary/aromatic N) is 2. The van der Waals surface area contributed by atoms with E-state index in [4.69, 9.17) is 5.73 Å². The number of hydrogen-bond donors (Lipinski definition) is 1. The first-order chi connectivity index (χ1) is 8.79. The van der Waals surface area contributed by atoms with Crippen molar-refractivity contribution in [1.82, 2.24) is 9.78 Å². The van der Waals surface area contributed by atoms with E-state index in [0.29, 0.717) is 5.82 Å². The Hall–Kier alpha value is -1.42. The fourth-order valence-electron chi connectivity index (χ4n) is 2.58. The molecule has 0 unspecified atom stereocenters. The predicted octanol–water partition coefficient (Wildman–Crippen LogP) is 3.06. The molecule has 0 spiro atoms. The average molecular weight is 259 g/mol. The van der Waals surface area contributed by atoms with Crippen molar-refractivity contribution in [3.8, 4) is 5.69 Å². The Morgan fingerprint density at radius 1 is 1.28 bits per heavy atom. The van der Waals surface area contributed by atoms with Gasteiger partial charge in [-0.2, -0.15) is 5.10 Å². The Bertz CT molecular complexity index is 574. The number of anilines is 1. The number of aromatic nitrogens is 2. The minimum Gasteiger partial charge on any atom is -0.382 e. The zero-order valence-corrected chi connectivity index (χ0v) is 11.3. The van der Waals surface area contributed by atoms with Gasteiger partial charge in [-0.05, 0) is 50.1 Å². The number of fused-ring (bicyclic) bond motifs is 1. The molecule has 0 atom stereocenters. The fraction of sp³-hybridized carbons (Fsp3) is 0.357. The SMILES string of the molecule is CSc1cccc(-n2nc(N)c3c2CCCC3)c1. The number of rotatable bonds is 2. The Kier molecular flexibility index (Phi) is 3.04. The third-order valence-electron chi connectivity index (χ3n) is 3.51. The molecule has 0 saturated heterocycles. The van der Waals surface area contributed by atoms with E-state index in [1.165, 1.54) is 29.0 Å². The smallest absolute Gasteiger partial charge is 0.149 e. The molecule has 1 aliphatic rings. The highest BCUT2D eigenvalue weighted by Gasteiger charge is 2.19. The molecule has 0 radical (unpaired) electrons. The summed E-state index contributed by atoms with van der Waals surface area (Å²) in [5.74, 6) is 0.708. The van der Waals surface area contributed by atoms with E-state index in [1.807, 2.05) is 4.68 Å².